The van der Waals surface area contributed by atoms with E-state index in [0.29, 0.717) is 40.4 Å². The molecule has 0 aliphatic carbocycles. The zero-order chi connectivity index (χ0) is 27.4. The zero-order valence-electron chi connectivity index (χ0n) is 20.4. The van der Waals surface area contributed by atoms with Crippen LogP contribution in [0.3, 0.4) is 0 Å². The van der Waals surface area contributed by atoms with E-state index in [4.69, 9.17) is 22.1 Å². The van der Waals surface area contributed by atoms with Crippen molar-refractivity contribution < 1.29 is 18.7 Å². The van der Waals surface area contributed by atoms with E-state index >= 15 is 0 Å². The van der Waals surface area contributed by atoms with Gasteiger partial charge in [0, 0.05) is 27.9 Å². The van der Waals surface area contributed by atoms with Gasteiger partial charge in [0.1, 0.15) is 23.9 Å². The molecule has 0 spiro atoms. The Morgan fingerprint density at radius 2 is 1.97 bits per heavy atom. The SMILES string of the molecule is CCC[C@@H](C(=O)Nc1ccc(C(N)=O)c(F)c1)n1cc(OC)c(-c2cc(Cl)ccc2-n2cnnn2)cc1=O. The molecule has 2 heterocycles. The van der Waals surface area contributed by atoms with E-state index in [1.54, 1.807) is 18.2 Å². The lowest BCUT2D eigenvalue weighted by atomic mass is 10.0. The smallest absolute Gasteiger partial charge is 0.252 e. The Morgan fingerprint density at radius 3 is 2.61 bits per heavy atom. The standard InChI is InChI=1S/C25H23ClFN7O4/c1-3-4-21(25(37)30-15-6-7-16(24(28)36)19(27)10-15)33-12-22(38-2)18(11-23(33)35)17-9-14(26)5-8-20(17)34-13-29-31-32-34/h5-13,21H,3-4H2,1-2H3,(H2,28,36)(H,30,37)/t21-/m0/s1. The fraction of sp³-hybridized carbons (Fsp3) is 0.200. The Kier molecular flexibility index (Phi) is 7.82. The minimum Gasteiger partial charge on any atom is -0.495 e. The number of rotatable bonds is 9. The third-order valence-electron chi connectivity index (χ3n) is 5.81. The fourth-order valence-corrected chi connectivity index (χ4v) is 4.20. The molecule has 0 saturated heterocycles. The number of methoxy groups -OCH3 is 1. The van der Waals surface area contributed by atoms with Crippen molar-refractivity contribution >= 4 is 29.1 Å². The van der Waals surface area contributed by atoms with E-state index in [0.717, 1.165) is 6.07 Å². The summed E-state index contributed by atoms with van der Waals surface area (Å²) < 4.78 is 22.5. The number of anilines is 1. The maximum Gasteiger partial charge on any atom is 0.252 e. The van der Waals surface area contributed by atoms with Gasteiger partial charge in [-0.15, -0.1) is 5.10 Å². The van der Waals surface area contributed by atoms with Crippen LogP contribution in [0.25, 0.3) is 16.8 Å². The van der Waals surface area contributed by atoms with Crippen molar-refractivity contribution in [2.24, 2.45) is 5.73 Å². The average molecular weight is 540 g/mol. The molecule has 2 amide bonds. The van der Waals surface area contributed by atoms with E-state index < -0.39 is 29.2 Å². The molecule has 2 aromatic carbocycles. The second kappa shape index (κ2) is 11.2. The number of carbonyl (C=O) groups excluding carboxylic acids is 2. The molecule has 4 rings (SSSR count). The molecule has 0 aliphatic heterocycles. The molecule has 0 aliphatic rings. The van der Waals surface area contributed by atoms with Crippen LogP contribution in [0, 0.1) is 5.82 Å². The molecule has 13 heteroatoms. The third kappa shape index (κ3) is 5.39. The summed E-state index contributed by atoms with van der Waals surface area (Å²) in [5.41, 5.74) is 5.98. The highest BCUT2D eigenvalue weighted by molar-refractivity contribution is 6.31. The van der Waals surface area contributed by atoms with Gasteiger partial charge in [-0.1, -0.05) is 24.9 Å². The van der Waals surface area contributed by atoms with Gasteiger partial charge in [0.2, 0.25) is 5.91 Å². The molecule has 0 saturated carbocycles. The minimum atomic E-state index is -0.937. The number of nitrogens with zero attached hydrogens (tertiary/aromatic N) is 5. The Hall–Kier alpha value is -4.58. The number of tetrazole rings is 1. The molecule has 196 valence electrons. The predicted octanol–water partition coefficient (Wildman–Crippen LogP) is 3.37. The predicted molar refractivity (Wildman–Crippen MR) is 138 cm³/mol. The number of carbonyl (C=O) groups is 2. The van der Waals surface area contributed by atoms with Gasteiger partial charge in [-0.25, -0.2) is 4.39 Å². The molecule has 2 aromatic heterocycles. The van der Waals surface area contributed by atoms with Crippen molar-refractivity contribution in [2.75, 3.05) is 12.4 Å². The van der Waals surface area contributed by atoms with Gasteiger partial charge in [0.05, 0.1) is 24.6 Å². The molecule has 1 atom stereocenters. The van der Waals surface area contributed by atoms with Gasteiger partial charge in [0.25, 0.3) is 11.5 Å². The molecule has 3 N–H and O–H groups in total. The van der Waals surface area contributed by atoms with Crippen molar-refractivity contribution in [1.82, 2.24) is 24.8 Å². The van der Waals surface area contributed by atoms with Crippen molar-refractivity contribution in [3.63, 3.8) is 0 Å². The van der Waals surface area contributed by atoms with Gasteiger partial charge in [0.15, 0.2) is 0 Å². The maximum atomic E-state index is 14.2. The molecule has 0 radical (unpaired) electrons. The van der Waals surface area contributed by atoms with Crippen LogP contribution < -0.4 is 21.3 Å². The van der Waals surface area contributed by atoms with Crippen LogP contribution >= 0.6 is 11.6 Å². The highest BCUT2D eigenvalue weighted by Gasteiger charge is 2.24. The summed E-state index contributed by atoms with van der Waals surface area (Å²) in [5.74, 6) is -2.05. The number of hydrogen-bond donors (Lipinski definition) is 2. The van der Waals surface area contributed by atoms with E-state index in [1.807, 2.05) is 6.92 Å². The molecule has 4 aromatic rings. The van der Waals surface area contributed by atoms with Gasteiger partial charge >= 0.3 is 0 Å². The number of halogens is 2. The number of primary amides is 1. The molecular weight excluding hydrogens is 517 g/mol. The normalized spacial score (nSPS) is 11.7. The van der Waals surface area contributed by atoms with Crippen molar-refractivity contribution in [2.45, 2.75) is 25.8 Å². The lowest BCUT2D eigenvalue weighted by Gasteiger charge is -2.21. The largest absolute Gasteiger partial charge is 0.495 e. The number of hydrogen-bond acceptors (Lipinski definition) is 7. The summed E-state index contributed by atoms with van der Waals surface area (Å²) in [6.45, 7) is 1.86. The maximum absolute atomic E-state index is 14.2. The van der Waals surface area contributed by atoms with E-state index in [2.05, 4.69) is 20.8 Å². The van der Waals surface area contributed by atoms with Crippen molar-refractivity contribution in [3.8, 4) is 22.6 Å². The van der Waals surface area contributed by atoms with Gasteiger partial charge in [-0.2, -0.15) is 4.68 Å². The number of aromatic nitrogens is 5. The first-order chi connectivity index (χ1) is 18.2. The molecule has 0 fully saturated rings. The van der Waals surface area contributed by atoms with Crippen LogP contribution in [-0.2, 0) is 4.79 Å². The lowest BCUT2D eigenvalue weighted by molar-refractivity contribution is -0.119. The summed E-state index contributed by atoms with van der Waals surface area (Å²) in [4.78, 5) is 37.9. The van der Waals surface area contributed by atoms with E-state index in [-0.39, 0.29) is 11.3 Å². The van der Waals surface area contributed by atoms with E-state index in [9.17, 15) is 18.8 Å². The lowest BCUT2D eigenvalue weighted by Crippen LogP contribution is -2.33. The minimum absolute atomic E-state index is 0.111. The molecule has 11 nitrogen and oxygen atoms in total. The van der Waals surface area contributed by atoms with Crippen LogP contribution in [0.4, 0.5) is 10.1 Å². The Labute approximate surface area is 221 Å². The Balaban J connectivity index is 1.74. The van der Waals surface area contributed by atoms with E-state index in [1.165, 1.54) is 47.1 Å². The van der Waals surface area contributed by atoms with Crippen LogP contribution in [-0.4, -0.2) is 43.7 Å². The highest BCUT2D eigenvalue weighted by Crippen LogP contribution is 2.35. The van der Waals surface area contributed by atoms with Crippen molar-refractivity contribution in [1.29, 1.82) is 0 Å². The highest BCUT2D eigenvalue weighted by atomic mass is 35.5. The Morgan fingerprint density at radius 1 is 1.18 bits per heavy atom. The zero-order valence-corrected chi connectivity index (χ0v) is 21.1. The first-order valence-corrected chi connectivity index (χ1v) is 11.8. The summed E-state index contributed by atoms with van der Waals surface area (Å²) in [6.07, 6.45) is 3.73. The monoisotopic (exact) mass is 539 g/mol. The van der Waals surface area contributed by atoms with Gasteiger partial charge in [-0.3, -0.25) is 19.0 Å². The topological polar surface area (TPSA) is 147 Å². The Bertz CT molecular complexity index is 1560. The van der Waals surface area contributed by atoms with Gasteiger partial charge < -0.3 is 15.8 Å². The van der Waals surface area contributed by atoms with Crippen molar-refractivity contribution in [3.05, 3.63) is 81.7 Å². The number of ether oxygens (including phenoxy) is 1. The number of benzene rings is 2. The second-order valence-electron chi connectivity index (χ2n) is 8.27. The third-order valence-corrected chi connectivity index (χ3v) is 6.05. The van der Waals surface area contributed by atoms with Crippen LogP contribution in [0.5, 0.6) is 5.75 Å². The summed E-state index contributed by atoms with van der Waals surface area (Å²) in [5, 5.41) is 14.3. The van der Waals surface area contributed by atoms with Gasteiger partial charge in [-0.05, 0) is 53.2 Å². The second-order valence-corrected chi connectivity index (χ2v) is 8.71. The summed E-state index contributed by atoms with van der Waals surface area (Å²) in [7, 11) is 1.44. The summed E-state index contributed by atoms with van der Waals surface area (Å²) >= 11 is 6.25. The van der Waals surface area contributed by atoms with Crippen LogP contribution in [0.2, 0.25) is 5.02 Å². The molecular formula is C25H23ClFN7O4. The molecule has 0 unspecified atom stereocenters. The first-order valence-electron chi connectivity index (χ1n) is 11.5. The summed E-state index contributed by atoms with van der Waals surface area (Å²) in [6, 6.07) is 8.96. The number of nitrogens with one attached hydrogen (secondary N) is 1. The first kappa shape index (κ1) is 26.5. The number of pyridine rings is 1. The molecule has 38 heavy (non-hydrogen) atoms. The number of amides is 2. The fourth-order valence-electron chi connectivity index (χ4n) is 4.03. The van der Waals surface area contributed by atoms with Crippen LogP contribution in [0.15, 0.2) is 59.8 Å². The average Bonchev–Trinajstić information content (AvgIpc) is 3.42. The number of nitrogens with two attached hydrogens (primary N) is 1. The van der Waals surface area contributed by atoms with Crippen LogP contribution in [0.1, 0.15) is 36.2 Å². The molecule has 0 bridgehead atoms. The quantitative estimate of drug-likeness (QED) is 0.331.